The fourth-order valence-corrected chi connectivity index (χ4v) is 0.864. The Balaban J connectivity index is 3.64. The molecule has 0 bridgehead atoms. The molecule has 0 radical (unpaired) electrons. The number of hydrogen-bond acceptors (Lipinski definition) is 5. The minimum absolute atomic E-state index is 0.0491. The summed E-state index contributed by atoms with van der Waals surface area (Å²) in [5.41, 5.74) is 0. The molecule has 0 heterocycles. The van der Waals surface area contributed by atoms with Gasteiger partial charge in [-0.05, 0) is 13.8 Å². The topological polar surface area (TPSA) is 76.0 Å². The third-order valence-electron chi connectivity index (χ3n) is 1.54. The van der Waals surface area contributed by atoms with Crippen LogP contribution in [-0.2, 0) is 0 Å². The molecular formula is C7H18N2O3. The number of hydrogen-bond donors (Lipinski definition) is 4. The molecule has 5 nitrogen and oxygen atoms in total. The number of aliphatic hydroxyl groups is 3. The van der Waals surface area contributed by atoms with Gasteiger partial charge in [-0.1, -0.05) is 0 Å². The molecule has 12 heavy (non-hydrogen) atoms. The van der Waals surface area contributed by atoms with Gasteiger partial charge in [0.15, 0.2) is 0 Å². The predicted octanol–water partition coefficient (Wildman–Crippen LogP) is -1.50. The van der Waals surface area contributed by atoms with Crippen LogP contribution in [0.25, 0.3) is 0 Å². The third-order valence-corrected chi connectivity index (χ3v) is 1.54. The molecule has 0 saturated carbocycles. The number of aliphatic hydroxyl groups excluding tert-OH is 3. The highest BCUT2D eigenvalue weighted by atomic mass is 16.3. The van der Waals surface area contributed by atoms with Gasteiger partial charge in [-0.15, -0.1) is 0 Å². The van der Waals surface area contributed by atoms with Gasteiger partial charge in [0.25, 0.3) is 0 Å². The summed E-state index contributed by atoms with van der Waals surface area (Å²) in [6.07, 6.45) is -1.40. The third kappa shape index (κ3) is 4.63. The first-order valence-electron chi connectivity index (χ1n) is 4.03. The maximum absolute atomic E-state index is 9.15. The molecule has 2 unspecified atom stereocenters. The molecule has 0 aromatic heterocycles. The van der Waals surface area contributed by atoms with Crippen LogP contribution in [0.4, 0.5) is 0 Å². The van der Waals surface area contributed by atoms with E-state index in [-0.39, 0.29) is 6.61 Å². The molecule has 0 aliphatic heterocycles. The zero-order valence-corrected chi connectivity index (χ0v) is 7.56. The highest BCUT2D eigenvalue weighted by Gasteiger charge is 2.14. The Morgan fingerprint density at radius 2 is 1.75 bits per heavy atom. The number of rotatable bonds is 6. The normalized spacial score (nSPS) is 16.5. The van der Waals surface area contributed by atoms with Crippen LogP contribution < -0.4 is 5.32 Å². The Hall–Kier alpha value is -0.200. The van der Waals surface area contributed by atoms with Gasteiger partial charge < -0.3 is 20.6 Å². The lowest BCUT2D eigenvalue weighted by Crippen LogP contribution is -2.46. The maximum Gasteiger partial charge on any atom is 0.107 e. The molecule has 0 aromatic rings. The van der Waals surface area contributed by atoms with Gasteiger partial charge in [-0.3, -0.25) is 0 Å². The highest BCUT2D eigenvalue weighted by Crippen LogP contribution is 1.97. The van der Waals surface area contributed by atoms with Crippen LogP contribution in [0, 0.1) is 0 Å². The molecule has 0 aliphatic carbocycles. The van der Waals surface area contributed by atoms with E-state index in [1.54, 1.807) is 13.8 Å². The molecule has 5 heteroatoms. The van der Waals surface area contributed by atoms with Crippen LogP contribution in [0.1, 0.15) is 13.8 Å². The van der Waals surface area contributed by atoms with Crippen LogP contribution in [0.2, 0.25) is 0 Å². The number of nitrogens with zero attached hydrogens (tertiary/aromatic N) is 1. The lowest BCUT2D eigenvalue weighted by atomic mass is 10.4. The highest BCUT2D eigenvalue weighted by molar-refractivity contribution is 4.57. The smallest absolute Gasteiger partial charge is 0.107 e. The van der Waals surface area contributed by atoms with Crippen LogP contribution in [0.3, 0.4) is 0 Å². The monoisotopic (exact) mass is 178 g/mol. The molecule has 2 atom stereocenters. The molecule has 0 rings (SSSR count). The fraction of sp³-hybridized carbons (Fsp3) is 1.00. The molecule has 0 amide bonds. The fourth-order valence-electron chi connectivity index (χ4n) is 0.864. The Morgan fingerprint density at radius 3 is 2.08 bits per heavy atom. The summed E-state index contributed by atoms with van der Waals surface area (Å²) in [4.78, 5) is 1.45. The average Bonchev–Trinajstić information content (AvgIpc) is 1.96. The van der Waals surface area contributed by atoms with Crippen molar-refractivity contribution >= 4 is 0 Å². The van der Waals surface area contributed by atoms with E-state index in [0.29, 0.717) is 13.2 Å². The Labute approximate surface area is 72.6 Å². The van der Waals surface area contributed by atoms with Crippen molar-refractivity contribution in [1.82, 2.24) is 10.2 Å². The second-order valence-corrected chi connectivity index (χ2v) is 2.66. The van der Waals surface area contributed by atoms with Gasteiger partial charge in [0, 0.05) is 6.54 Å². The second kappa shape index (κ2) is 6.33. The lowest BCUT2D eigenvalue weighted by molar-refractivity contribution is -0.0881. The van der Waals surface area contributed by atoms with Gasteiger partial charge in [0.2, 0.25) is 0 Å². The molecule has 0 spiro atoms. The van der Waals surface area contributed by atoms with E-state index in [1.807, 2.05) is 0 Å². The van der Waals surface area contributed by atoms with Gasteiger partial charge in [-0.25, -0.2) is 4.90 Å². The van der Waals surface area contributed by atoms with E-state index in [4.69, 9.17) is 15.3 Å². The van der Waals surface area contributed by atoms with Crippen LogP contribution >= 0.6 is 0 Å². The summed E-state index contributed by atoms with van der Waals surface area (Å²) in [7, 11) is 0. The molecule has 0 aliphatic rings. The lowest BCUT2D eigenvalue weighted by Gasteiger charge is -2.27. The Morgan fingerprint density at radius 1 is 1.25 bits per heavy atom. The van der Waals surface area contributed by atoms with Gasteiger partial charge in [-0.2, -0.15) is 0 Å². The van der Waals surface area contributed by atoms with Crippen LogP contribution in [-0.4, -0.2) is 52.5 Å². The molecule has 0 aromatic carbocycles. The van der Waals surface area contributed by atoms with Gasteiger partial charge in [0.05, 0.1) is 13.3 Å². The molecule has 0 fully saturated rings. The summed E-state index contributed by atoms with van der Waals surface area (Å²) < 4.78 is 0. The van der Waals surface area contributed by atoms with Crippen molar-refractivity contribution < 1.29 is 15.3 Å². The maximum atomic E-state index is 9.15. The van der Waals surface area contributed by atoms with E-state index in [2.05, 4.69) is 5.32 Å². The first-order valence-corrected chi connectivity index (χ1v) is 4.03. The first-order chi connectivity index (χ1) is 5.59. The van der Waals surface area contributed by atoms with Crippen molar-refractivity contribution in [3.63, 3.8) is 0 Å². The van der Waals surface area contributed by atoms with E-state index in [1.165, 1.54) is 4.90 Å². The van der Waals surface area contributed by atoms with Crippen LogP contribution in [0.5, 0.6) is 0 Å². The molecular weight excluding hydrogens is 160 g/mol. The Kier molecular flexibility index (Phi) is 6.23. The van der Waals surface area contributed by atoms with Gasteiger partial charge in [0.1, 0.15) is 12.5 Å². The van der Waals surface area contributed by atoms with Crippen molar-refractivity contribution in [2.45, 2.75) is 26.3 Å². The zero-order valence-electron chi connectivity index (χ0n) is 7.56. The molecule has 4 N–H and O–H groups in total. The van der Waals surface area contributed by atoms with E-state index in [9.17, 15) is 0 Å². The van der Waals surface area contributed by atoms with E-state index >= 15 is 0 Å². The van der Waals surface area contributed by atoms with Gasteiger partial charge >= 0.3 is 0 Å². The predicted molar refractivity (Wildman–Crippen MR) is 45.2 cm³/mol. The van der Waals surface area contributed by atoms with Crippen molar-refractivity contribution in [3.8, 4) is 0 Å². The summed E-state index contributed by atoms with van der Waals surface area (Å²) in [6.45, 7) is 4.01. The minimum atomic E-state index is -0.698. The van der Waals surface area contributed by atoms with Crippen molar-refractivity contribution in [3.05, 3.63) is 0 Å². The molecule has 0 saturated heterocycles. The quantitative estimate of drug-likeness (QED) is 0.294. The van der Waals surface area contributed by atoms with Crippen LogP contribution in [0.15, 0.2) is 0 Å². The zero-order chi connectivity index (χ0) is 9.56. The first kappa shape index (κ1) is 11.8. The largest absolute Gasteiger partial charge is 0.395 e. The SMILES string of the molecule is CC(O)N(CNCCO)C(C)O. The minimum Gasteiger partial charge on any atom is -0.395 e. The standard InChI is InChI=1S/C7H18N2O3/c1-6(11)9(7(2)12)5-8-3-4-10/h6-8,10-12H,3-5H2,1-2H3. The van der Waals surface area contributed by atoms with E-state index in [0.717, 1.165) is 0 Å². The van der Waals surface area contributed by atoms with E-state index < -0.39 is 12.5 Å². The summed E-state index contributed by atoms with van der Waals surface area (Å²) in [5.74, 6) is 0. The summed E-state index contributed by atoms with van der Waals surface area (Å²) in [6, 6.07) is 0. The number of nitrogens with one attached hydrogen (secondary N) is 1. The second-order valence-electron chi connectivity index (χ2n) is 2.66. The Bertz CT molecular complexity index is 101. The van der Waals surface area contributed by atoms with Crippen molar-refractivity contribution in [2.24, 2.45) is 0 Å². The molecule has 74 valence electrons. The van der Waals surface area contributed by atoms with Crippen molar-refractivity contribution in [2.75, 3.05) is 19.8 Å². The average molecular weight is 178 g/mol. The summed E-state index contributed by atoms with van der Waals surface area (Å²) >= 11 is 0. The van der Waals surface area contributed by atoms with Crippen molar-refractivity contribution in [1.29, 1.82) is 0 Å². The summed E-state index contributed by atoms with van der Waals surface area (Å²) in [5, 5.41) is 29.6.